The second kappa shape index (κ2) is 4.22. The first kappa shape index (κ1) is 9.85. The molecule has 2 heteroatoms. The van der Waals surface area contributed by atoms with Crippen molar-refractivity contribution in [1.29, 1.82) is 0 Å². The molecule has 13 heavy (non-hydrogen) atoms. The summed E-state index contributed by atoms with van der Waals surface area (Å²) in [6, 6.07) is 0. The number of nitrogens with one attached hydrogen (secondary N) is 1. The zero-order valence-corrected chi connectivity index (χ0v) is 9.46. The van der Waals surface area contributed by atoms with Crippen LogP contribution in [0.2, 0.25) is 0 Å². The van der Waals surface area contributed by atoms with Crippen molar-refractivity contribution in [3.63, 3.8) is 0 Å². The maximum absolute atomic E-state index is 3.56. The van der Waals surface area contributed by atoms with Crippen molar-refractivity contribution in [2.45, 2.75) is 32.6 Å². The molecule has 2 atom stereocenters. The molecular formula is C11H21NS. The van der Waals surface area contributed by atoms with Gasteiger partial charge in [-0.1, -0.05) is 6.92 Å². The van der Waals surface area contributed by atoms with E-state index in [1.165, 1.54) is 50.3 Å². The topological polar surface area (TPSA) is 12.0 Å². The highest BCUT2D eigenvalue weighted by Gasteiger charge is 2.53. The highest BCUT2D eigenvalue weighted by atomic mass is 32.2. The number of hydrogen-bond donors (Lipinski definition) is 1. The van der Waals surface area contributed by atoms with Gasteiger partial charge in [0.25, 0.3) is 0 Å². The van der Waals surface area contributed by atoms with E-state index in [1.54, 1.807) is 0 Å². The lowest BCUT2D eigenvalue weighted by molar-refractivity contribution is 0.440. The van der Waals surface area contributed by atoms with E-state index in [2.05, 4.69) is 24.0 Å². The molecule has 1 heterocycles. The second-order valence-corrected chi connectivity index (χ2v) is 5.73. The van der Waals surface area contributed by atoms with E-state index in [1.807, 2.05) is 0 Å². The van der Waals surface area contributed by atoms with Gasteiger partial charge in [0.1, 0.15) is 0 Å². The van der Waals surface area contributed by atoms with Gasteiger partial charge in [0.15, 0.2) is 0 Å². The average Bonchev–Trinajstić information content (AvgIpc) is 2.80. The second-order valence-electron chi connectivity index (χ2n) is 4.62. The summed E-state index contributed by atoms with van der Waals surface area (Å²) < 4.78 is 0. The predicted molar refractivity (Wildman–Crippen MR) is 60.3 cm³/mol. The lowest BCUT2D eigenvalue weighted by Gasteiger charge is -2.22. The van der Waals surface area contributed by atoms with E-state index < -0.39 is 0 Å². The number of rotatable bonds is 4. The largest absolute Gasteiger partial charge is 0.316 e. The van der Waals surface area contributed by atoms with E-state index in [-0.39, 0.29) is 0 Å². The Kier molecular flexibility index (Phi) is 3.20. The van der Waals surface area contributed by atoms with Crippen LogP contribution in [0.25, 0.3) is 0 Å². The third-order valence-electron chi connectivity index (χ3n) is 3.53. The molecule has 0 bridgehead atoms. The molecule has 1 nitrogen and oxygen atoms in total. The first-order valence-electron chi connectivity index (χ1n) is 5.66. The van der Waals surface area contributed by atoms with Crippen molar-refractivity contribution < 1.29 is 0 Å². The molecule has 0 aromatic heterocycles. The van der Waals surface area contributed by atoms with Gasteiger partial charge in [0, 0.05) is 0 Å². The fraction of sp³-hybridized carbons (Fsp3) is 1.00. The minimum Gasteiger partial charge on any atom is -0.316 e. The summed E-state index contributed by atoms with van der Waals surface area (Å²) in [5, 5.41) is 3.56. The van der Waals surface area contributed by atoms with Crippen LogP contribution in [0.3, 0.4) is 0 Å². The molecule has 1 saturated heterocycles. The van der Waals surface area contributed by atoms with Crippen LogP contribution in [-0.4, -0.2) is 24.6 Å². The first-order valence-corrected chi connectivity index (χ1v) is 6.81. The molecule has 1 spiro atoms. The molecule has 76 valence electrons. The quantitative estimate of drug-likeness (QED) is 0.698. The summed E-state index contributed by atoms with van der Waals surface area (Å²) in [5.74, 6) is 3.88. The fourth-order valence-electron chi connectivity index (χ4n) is 2.53. The van der Waals surface area contributed by atoms with Gasteiger partial charge >= 0.3 is 0 Å². The monoisotopic (exact) mass is 199 g/mol. The van der Waals surface area contributed by atoms with Crippen molar-refractivity contribution in [2.75, 3.05) is 24.6 Å². The summed E-state index contributed by atoms with van der Waals surface area (Å²) in [6.45, 7) is 4.74. The molecule has 1 aliphatic carbocycles. The van der Waals surface area contributed by atoms with E-state index in [4.69, 9.17) is 0 Å². The number of hydrogen-bond acceptors (Lipinski definition) is 2. The summed E-state index contributed by atoms with van der Waals surface area (Å²) in [7, 11) is 0. The van der Waals surface area contributed by atoms with E-state index in [9.17, 15) is 0 Å². The van der Waals surface area contributed by atoms with Gasteiger partial charge in [0.05, 0.1) is 0 Å². The molecule has 0 amide bonds. The molecule has 2 fully saturated rings. The van der Waals surface area contributed by atoms with Crippen LogP contribution in [0.5, 0.6) is 0 Å². The zero-order chi connectivity index (χ0) is 9.15. The number of thioether (sulfide) groups is 1. The van der Waals surface area contributed by atoms with Crippen molar-refractivity contribution in [1.82, 2.24) is 5.32 Å². The molecule has 0 radical (unpaired) electrons. The summed E-state index contributed by atoms with van der Waals surface area (Å²) >= 11 is 2.18. The molecule has 1 N–H and O–H groups in total. The molecule has 2 aliphatic rings. The highest BCUT2D eigenvalue weighted by Crippen LogP contribution is 2.59. The Morgan fingerprint density at radius 1 is 1.54 bits per heavy atom. The smallest absolute Gasteiger partial charge is 0.000755 e. The molecule has 1 saturated carbocycles. The van der Waals surface area contributed by atoms with Crippen LogP contribution in [-0.2, 0) is 0 Å². The lowest BCUT2D eigenvalue weighted by atomic mass is 9.99. The van der Waals surface area contributed by atoms with E-state index in [0.717, 1.165) is 11.3 Å². The normalized spacial score (nSPS) is 38.1. The Morgan fingerprint density at radius 2 is 2.46 bits per heavy atom. The van der Waals surface area contributed by atoms with E-state index >= 15 is 0 Å². The van der Waals surface area contributed by atoms with Gasteiger partial charge in [-0.25, -0.2) is 0 Å². The maximum Gasteiger partial charge on any atom is -0.000755 e. The third kappa shape index (κ3) is 2.21. The Hall–Kier alpha value is 0.310. The van der Waals surface area contributed by atoms with Gasteiger partial charge in [-0.2, -0.15) is 11.8 Å². The van der Waals surface area contributed by atoms with Gasteiger partial charge in [-0.05, 0) is 61.6 Å². The highest BCUT2D eigenvalue weighted by molar-refractivity contribution is 7.99. The Balaban J connectivity index is 1.67. The van der Waals surface area contributed by atoms with Crippen molar-refractivity contribution in [3.8, 4) is 0 Å². The Bertz CT molecular complexity index is 163. The minimum absolute atomic E-state index is 0.795. The predicted octanol–water partition coefficient (Wildman–Crippen LogP) is 2.52. The van der Waals surface area contributed by atoms with Crippen LogP contribution in [0.1, 0.15) is 32.6 Å². The molecule has 2 unspecified atom stereocenters. The van der Waals surface area contributed by atoms with Gasteiger partial charge in [-0.3, -0.25) is 0 Å². The minimum atomic E-state index is 0.795. The summed E-state index contributed by atoms with van der Waals surface area (Å²) in [6.07, 6.45) is 5.76. The maximum atomic E-state index is 3.56. The van der Waals surface area contributed by atoms with Crippen LogP contribution < -0.4 is 5.32 Å². The SMILES string of the molecule is CCCNCC1CC12CCCSC2. The van der Waals surface area contributed by atoms with Gasteiger partial charge in [-0.15, -0.1) is 0 Å². The van der Waals surface area contributed by atoms with Crippen LogP contribution >= 0.6 is 11.8 Å². The Labute approximate surface area is 86.0 Å². The first-order chi connectivity index (χ1) is 6.37. The zero-order valence-electron chi connectivity index (χ0n) is 8.64. The van der Waals surface area contributed by atoms with Crippen LogP contribution in [0.4, 0.5) is 0 Å². The van der Waals surface area contributed by atoms with Crippen molar-refractivity contribution in [2.24, 2.45) is 11.3 Å². The summed E-state index contributed by atoms with van der Waals surface area (Å²) in [5.41, 5.74) is 0.795. The third-order valence-corrected chi connectivity index (χ3v) is 4.89. The van der Waals surface area contributed by atoms with Crippen molar-refractivity contribution in [3.05, 3.63) is 0 Å². The van der Waals surface area contributed by atoms with Crippen LogP contribution in [0, 0.1) is 11.3 Å². The lowest BCUT2D eigenvalue weighted by Crippen LogP contribution is -2.23. The van der Waals surface area contributed by atoms with Crippen LogP contribution in [0.15, 0.2) is 0 Å². The average molecular weight is 199 g/mol. The van der Waals surface area contributed by atoms with Gasteiger partial charge < -0.3 is 5.32 Å². The van der Waals surface area contributed by atoms with E-state index in [0.29, 0.717) is 0 Å². The molecule has 2 rings (SSSR count). The fourth-order valence-corrected chi connectivity index (χ4v) is 3.93. The summed E-state index contributed by atoms with van der Waals surface area (Å²) in [4.78, 5) is 0. The standard InChI is InChI=1S/C11H21NS/c1-2-5-12-8-10-7-11(10)4-3-6-13-9-11/h10,12H,2-9H2,1H3. The van der Waals surface area contributed by atoms with Crippen molar-refractivity contribution >= 4 is 11.8 Å². The molecule has 0 aromatic rings. The van der Waals surface area contributed by atoms with Gasteiger partial charge in [0.2, 0.25) is 0 Å². The molecule has 0 aromatic carbocycles. The molecular weight excluding hydrogens is 178 g/mol. The Morgan fingerprint density at radius 3 is 3.15 bits per heavy atom. The molecule has 1 aliphatic heterocycles.